The number of benzene rings is 1. The van der Waals surface area contributed by atoms with E-state index in [1.807, 2.05) is 0 Å². The van der Waals surface area contributed by atoms with E-state index in [0.29, 0.717) is 12.1 Å². The van der Waals surface area contributed by atoms with Crippen LogP contribution in [0.2, 0.25) is 0 Å². The van der Waals surface area contributed by atoms with Gasteiger partial charge in [-0.15, -0.1) is 0 Å². The Balaban J connectivity index is 1.75. The highest BCUT2D eigenvalue weighted by Gasteiger charge is 2.19. The Hall–Kier alpha value is -0.820. The van der Waals surface area contributed by atoms with Gasteiger partial charge < -0.3 is 5.32 Å². The van der Waals surface area contributed by atoms with Crippen molar-refractivity contribution < 1.29 is 0 Å². The van der Waals surface area contributed by atoms with Crippen LogP contribution in [0.1, 0.15) is 57.6 Å². The van der Waals surface area contributed by atoms with Crippen LogP contribution in [0.3, 0.4) is 0 Å². The lowest BCUT2D eigenvalue weighted by Crippen LogP contribution is -2.40. The van der Waals surface area contributed by atoms with E-state index in [9.17, 15) is 0 Å². The maximum atomic E-state index is 3.83. The van der Waals surface area contributed by atoms with Gasteiger partial charge in [-0.3, -0.25) is 0 Å². The van der Waals surface area contributed by atoms with E-state index in [1.54, 1.807) is 11.1 Å². The van der Waals surface area contributed by atoms with Crippen LogP contribution < -0.4 is 5.32 Å². The fraction of sp³-hybridized carbons (Fsp3) is 0.667. The fourth-order valence-electron chi connectivity index (χ4n) is 3.16. The molecular weight excluding hydrogens is 230 g/mol. The summed E-state index contributed by atoms with van der Waals surface area (Å²) in [5.41, 5.74) is 3.12. The third-order valence-corrected chi connectivity index (χ3v) is 4.29. The molecule has 0 aliphatic heterocycles. The van der Waals surface area contributed by atoms with Crippen molar-refractivity contribution in [3.05, 3.63) is 35.4 Å². The Morgan fingerprint density at radius 2 is 1.84 bits per heavy atom. The number of aryl methyl sites for hydroxylation is 1. The van der Waals surface area contributed by atoms with Gasteiger partial charge in [-0.25, -0.2) is 0 Å². The van der Waals surface area contributed by atoms with Crippen molar-refractivity contribution in [2.75, 3.05) is 0 Å². The molecule has 0 heterocycles. The van der Waals surface area contributed by atoms with Crippen LogP contribution in [0.5, 0.6) is 0 Å². The first-order valence-electron chi connectivity index (χ1n) is 7.98. The van der Waals surface area contributed by atoms with Crippen LogP contribution in [0.4, 0.5) is 0 Å². The summed E-state index contributed by atoms with van der Waals surface area (Å²) in [5.74, 6) is 0.841. The maximum Gasteiger partial charge on any atom is 0.0113 e. The molecule has 2 atom stereocenters. The predicted octanol–water partition coefficient (Wildman–Crippen LogP) is 4.35. The van der Waals surface area contributed by atoms with E-state index in [0.717, 1.165) is 5.92 Å². The van der Waals surface area contributed by atoms with Crippen LogP contribution in [-0.4, -0.2) is 12.1 Å². The lowest BCUT2D eigenvalue weighted by atomic mass is 9.88. The Labute approximate surface area is 118 Å². The van der Waals surface area contributed by atoms with Gasteiger partial charge in [0, 0.05) is 12.1 Å². The Bertz CT molecular complexity index is 383. The van der Waals surface area contributed by atoms with Gasteiger partial charge in [-0.05, 0) is 49.7 Å². The summed E-state index contributed by atoms with van der Waals surface area (Å²) in [6, 6.07) is 10.3. The van der Waals surface area contributed by atoms with Gasteiger partial charge in [-0.1, -0.05) is 51.0 Å². The Morgan fingerprint density at radius 3 is 2.58 bits per heavy atom. The van der Waals surface area contributed by atoms with Crippen LogP contribution >= 0.6 is 0 Å². The highest BCUT2D eigenvalue weighted by atomic mass is 14.9. The SMILES string of the molecule is CC(C)CCCC(C)NC1CCc2ccccc2C1. The molecule has 0 saturated carbocycles. The zero-order valence-corrected chi connectivity index (χ0v) is 12.8. The topological polar surface area (TPSA) is 12.0 Å². The van der Waals surface area contributed by atoms with Gasteiger partial charge in [0.2, 0.25) is 0 Å². The van der Waals surface area contributed by atoms with E-state index in [2.05, 4.69) is 50.4 Å². The van der Waals surface area contributed by atoms with Crippen molar-refractivity contribution in [3.8, 4) is 0 Å². The van der Waals surface area contributed by atoms with Crippen molar-refractivity contribution in [2.45, 2.75) is 71.4 Å². The molecule has 1 N–H and O–H groups in total. The molecule has 0 saturated heterocycles. The average molecular weight is 259 g/mol. The van der Waals surface area contributed by atoms with E-state index in [1.165, 1.54) is 38.5 Å². The quantitative estimate of drug-likeness (QED) is 0.801. The van der Waals surface area contributed by atoms with Gasteiger partial charge in [0.1, 0.15) is 0 Å². The second-order valence-corrected chi connectivity index (χ2v) is 6.60. The van der Waals surface area contributed by atoms with Crippen molar-refractivity contribution >= 4 is 0 Å². The van der Waals surface area contributed by atoms with Gasteiger partial charge >= 0.3 is 0 Å². The largest absolute Gasteiger partial charge is 0.311 e. The molecule has 0 radical (unpaired) electrons. The maximum absolute atomic E-state index is 3.83. The van der Waals surface area contributed by atoms with Crippen LogP contribution in [-0.2, 0) is 12.8 Å². The third kappa shape index (κ3) is 4.65. The van der Waals surface area contributed by atoms with Crippen molar-refractivity contribution in [1.29, 1.82) is 0 Å². The second kappa shape index (κ2) is 7.09. The second-order valence-electron chi connectivity index (χ2n) is 6.60. The molecule has 2 rings (SSSR count). The molecule has 1 heteroatoms. The molecule has 1 aromatic rings. The van der Waals surface area contributed by atoms with Gasteiger partial charge in [0.15, 0.2) is 0 Å². The normalized spacial score (nSPS) is 20.3. The molecular formula is C18H29N. The molecule has 1 nitrogen and oxygen atoms in total. The molecule has 1 aromatic carbocycles. The van der Waals surface area contributed by atoms with Crippen molar-refractivity contribution in [1.82, 2.24) is 5.32 Å². The highest BCUT2D eigenvalue weighted by Crippen LogP contribution is 2.21. The molecule has 0 amide bonds. The lowest BCUT2D eigenvalue weighted by Gasteiger charge is -2.28. The molecule has 1 aliphatic carbocycles. The summed E-state index contributed by atoms with van der Waals surface area (Å²) in [7, 11) is 0. The molecule has 0 bridgehead atoms. The van der Waals surface area contributed by atoms with Crippen LogP contribution in [0.15, 0.2) is 24.3 Å². The number of nitrogens with one attached hydrogen (secondary N) is 1. The molecule has 1 aliphatic rings. The minimum Gasteiger partial charge on any atom is -0.311 e. The van der Waals surface area contributed by atoms with E-state index >= 15 is 0 Å². The zero-order chi connectivity index (χ0) is 13.7. The number of hydrogen-bond acceptors (Lipinski definition) is 1. The molecule has 0 fully saturated rings. The van der Waals surface area contributed by atoms with Gasteiger partial charge in [0.25, 0.3) is 0 Å². The average Bonchev–Trinajstić information content (AvgIpc) is 2.38. The van der Waals surface area contributed by atoms with Crippen LogP contribution in [0.25, 0.3) is 0 Å². The van der Waals surface area contributed by atoms with Crippen molar-refractivity contribution in [3.63, 3.8) is 0 Å². The van der Waals surface area contributed by atoms with Gasteiger partial charge in [0.05, 0.1) is 0 Å². The zero-order valence-electron chi connectivity index (χ0n) is 12.8. The summed E-state index contributed by atoms with van der Waals surface area (Å²) in [6.07, 6.45) is 7.79. The number of fused-ring (bicyclic) bond motifs is 1. The van der Waals surface area contributed by atoms with E-state index in [-0.39, 0.29) is 0 Å². The van der Waals surface area contributed by atoms with Gasteiger partial charge in [-0.2, -0.15) is 0 Å². The highest BCUT2D eigenvalue weighted by molar-refractivity contribution is 5.30. The van der Waals surface area contributed by atoms with E-state index < -0.39 is 0 Å². The Morgan fingerprint density at radius 1 is 1.11 bits per heavy atom. The van der Waals surface area contributed by atoms with Crippen molar-refractivity contribution in [2.24, 2.45) is 5.92 Å². The first kappa shape index (κ1) is 14.6. The molecule has 2 unspecified atom stereocenters. The minimum atomic E-state index is 0.661. The summed E-state index contributed by atoms with van der Waals surface area (Å²) in [5, 5.41) is 3.83. The smallest absolute Gasteiger partial charge is 0.0113 e. The summed E-state index contributed by atoms with van der Waals surface area (Å²) in [4.78, 5) is 0. The molecule has 19 heavy (non-hydrogen) atoms. The summed E-state index contributed by atoms with van der Waals surface area (Å²) >= 11 is 0. The molecule has 0 aromatic heterocycles. The predicted molar refractivity (Wildman–Crippen MR) is 83.5 cm³/mol. The summed E-state index contributed by atoms with van der Waals surface area (Å²) in [6.45, 7) is 6.98. The monoisotopic (exact) mass is 259 g/mol. The summed E-state index contributed by atoms with van der Waals surface area (Å²) < 4.78 is 0. The standard InChI is InChI=1S/C18H29N/c1-14(2)7-6-8-15(3)19-18-12-11-16-9-4-5-10-17(16)13-18/h4-5,9-10,14-15,18-19H,6-8,11-13H2,1-3H3. The molecule has 0 spiro atoms. The first-order chi connectivity index (χ1) is 9.15. The first-order valence-corrected chi connectivity index (χ1v) is 7.98. The number of hydrogen-bond donors (Lipinski definition) is 1. The fourth-order valence-corrected chi connectivity index (χ4v) is 3.16. The lowest BCUT2D eigenvalue weighted by molar-refractivity contribution is 0.379. The molecule has 106 valence electrons. The third-order valence-electron chi connectivity index (χ3n) is 4.29. The van der Waals surface area contributed by atoms with Crippen LogP contribution in [0, 0.1) is 5.92 Å². The van der Waals surface area contributed by atoms with E-state index in [4.69, 9.17) is 0 Å². The number of rotatable bonds is 6. The Kier molecular flexibility index (Phi) is 5.45. The minimum absolute atomic E-state index is 0.661.